The number of esters is 2. The van der Waals surface area contributed by atoms with Crippen LogP contribution in [0.2, 0.25) is 0 Å². The van der Waals surface area contributed by atoms with Crippen LogP contribution in [-0.2, 0) is 37.5 Å². The minimum absolute atomic E-state index is 0.505. The number of hydrogen-bond acceptors (Lipinski definition) is 9. The Kier molecular flexibility index (Phi) is 37.7. The highest BCUT2D eigenvalue weighted by molar-refractivity contribution is 7.47. The summed E-state index contributed by atoms with van der Waals surface area (Å²) in [6.45, 7) is 2.47. The van der Waals surface area contributed by atoms with Crippen LogP contribution in [0, 0.1) is 0 Å². The van der Waals surface area contributed by atoms with Crippen LogP contribution in [-0.4, -0.2) is 59.9 Å². The van der Waals surface area contributed by atoms with E-state index in [0.717, 1.165) is 18.9 Å². The van der Waals surface area contributed by atoms with E-state index in [1.807, 2.05) is 36.5 Å². The molecule has 0 aromatic carbocycles. The van der Waals surface area contributed by atoms with E-state index < -0.39 is 57.7 Å². The molecule has 0 aliphatic heterocycles. The van der Waals surface area contributed by atoms with Gasteiger partial charge in [0.1, 0.15) is 12.6 Å². The van der Waals surface area contributed by atoms with E-state index in [0.29, 0.717) is 0 Å². The summed E-state index contributed by atoms with van der Waals surface area (Å²) in [6.07, 6.45) is 51.9. The van der Waals surface area contributed by atoms with Gasteiger partial charge in [0.15, 0.2) is 6.10 Å². The normalized spacial score (nSPS) is 14.7. The molecule has 58 heavy (non-hydrogen) atoms. The highest BCUT2D eigenvalue weighted by atomic mass is 31.2. The van der Waals surface area contributed by atoms with Gasteiger partial charge in [0.2, 0.25) is 0 Å². The van der Waals surface area contributed by atoms with Gasteiger partial charge in [0, 0.05) is 12.2 Å². The van der Waals surface area contributed by atoms with Gasteiger partial charge in [-0.2, -0.15) is 0 Å². The summed E-state index contributed by atoms with van der Waals surface area (Å²) in [6, 6.07) is -1.56. The van der Waals surface area contributed by atoms with Gasteiger partial charge < -0.3 is 25.2 Å². The summed E-state index contributed by atoms with van der Waals surface area (Å²) < 4.78 is 32.2. The van der Waals surface area contributed by atoms with Gasteiger partial charge in [-0.15, -0.1) is 0 Å². The summed E-state index contributed by atoms with van der Waals surface area (Å²) in [5.74, 6) is -3.02. The van der Waals surface area contributed by atoms with E-state index in [1.165, 1.54) is 134 Å². The summed E-state index contributed by atoms with van der Waals surface area (Å²) in [4.78, 5) is 45.6. The van der Waals surface area contributed by atoms with Crippen LogP contribution < -0.4 is 5.73 Å². The van der Waals surface area contributed by atoms with Gasteiger partial charge in [-0.1, -0.05) is 202 Å². The second-order valence-corrected chi connectivity index (χ2v) is 15.5. The molecule has 0 fully saturated rings. The topological polar surface area (TPSA) is 172 Å². The van der Waals surface area contributed by atoms with Crippen LogP contribution in [0.4, 0.5) is 0 Å². The number of ether oxygens (including phenoxy) is 2. The average molecular weight is 832 g/mol. The maximum atomic E-state index is 12.5. The molecule has 0 amide bonds. The molecule has 12 heteroatoms. The quantitative estimate of drug-likeness (QED) is 0.0178. The number of carboxylic acid groups (broad SMARTS) is 1. The second kappa shape index (κ2) is 40.2. The van der Waals surface area contributed by atoms with Crippen molar-refractivity contribution in [2.24, 2.45) is 5.73 Å². The van der Waals surface area contributed by atoms with Crippen LogP contribution in [0.25, 0.3) is 0 Å². The Labute approximate surface area is 349 Å². The largest absolute Gasteiger partial charge is 0.480 e. The smallest absolute Gasteiger partial charge is 0.472 e. The molecular weight excluding hydrogens is 757 g/mol. The van der Waals surface area contributed by atoms with Gasteiger partial charge in [0.05, 0.1) is 13.2 Å². The lowest BCUT2D eigenvalue weighted by atomic mass is 10.1. The molecule has 4 N–H and O–H groups in total. The van der Waals surface area contributed by atoms with Gasteiger partial charge in [-0.25, -0.2) is 14.2 Å². The Morgan fingerprint density at radius 2 is 0.914 bits per heavy atom. The van der Waals surface area contributed by atoms with Crippen LogP contribution in [0.5, 0.6) is 0 Å². The number of phosphoric ester groups is 1. The highest BCUT2D eigenvalue weighted by Crippen LogP contribution is 2.43. The number of unbranched alkanes of at least 4 members (excludes halogenated alkanes) is 18. The number of carboxylic acids is 1. The molecule has 0 saturated heterocycles. The zero-order valence-electron chi connectivity index (χ0n) is 35.3. The predicted molar refractivity (Wildman–Crippen MR) is 235 cm³/mol. The molecule has 1 unspecified atom stereocenters. The van der Waals surface area contributed by atoms with Gasteiger partial charge in [0.25, 0.3) is 0 Å². The first-order valence-corrected chi connectivity index (χ1v) is 22.9. The molecule has 0 bridgehead atoms. The van der Waals surface area contributed by atoms with Crippen molar-refractivity contribution in [2.45, 2.75) is 154 Å². The molecule has 0 aromatic heterocycles. The summed E-state index contributed by atoms with van der Waals surface area (Å²) in [5.41, 5.74) is 5.31. The Hall–Kier alpha value is -3.60. The number of carbonyl (C=O) groups excluding carboxylic acids is 2. The van der Waals surface area contributed by atoms with Crippen LogP contribution >= 0.6 is 7.82 Å². The first-order chi connectivity index (χ1) is 28.1. The fourth-order valence-corrected chi connectivity index (χ4v) is 6.06. The fraction of sp³-hybridized carbons (Fsp3) is 0.587. The van der Waals surface area contributed by atoms with E-state index >= 15 is 0 Å². The number of hydrogen-bond donors (Lipinski definition) is 3. The molecule has 0 aliphatic rings. The van der Waals surface area contributed by atoms with E-state index in [4.69, 9.17) is 24.8 Å². The first kappa shape index (κ1) is 54.4. The van der Waals surface area contributed by atoms with Gasteiger partial charge >= 0.3 is 25.7 Å². The highest BCUT2D eigenvalue weighted by Gasteiger charge is 2.27. The van der Waals surface area contributed by atoms with Crippen molar-refractivity contribution in [1.82, 2.24) is 0 Å². The maximum absolute atomic E-state index is 12.5. The number of aliphatic carboxylic acids is 1. The molecule has 0 heterocycles. The third kappa shape index (κ3) is 39.2. The van der Waals surface area contributed by atoms with Gasteiger partial charge in [-0.3, -0.25) is 13.8 Å². The van der Waals surface area contributed by atoms with Crippen molar-refractivity contribution in [3.8, 4) is 0 Å². The molecule has 3 atom stereocenters. The zero-order valence-corrected chi connectivity index (χ0v) is 36.2. The predicted octanol–water partition coefficient (Wildman–Crippen LogP) is 11.3. The SMILES string of the molecule is CCCCCCCCCCCC=CC=CC=CC=CC(=O)OC[C@H](COP(=O)(O)OC[C@H](N)C(=O)O)OC(=O)C=CC=CC=CC=CCCCCCCCCCCC. The lowest BCUT2D eigenvalue weighted by Crippen LogP contribution is -2.34. The minimum Gasteiger partial charge on any atom is -0.480 e. The Balaban J connectivity index is 4.76. The maximum Gasteiger partial charge on any atom is 0.472 e. The average Bonchev–Trinajstić information content (AvgIpc) is 3.20. The van der Waals surface area contributed by atoms with Crippen LogP contribution in [0.1, 0.15) is 142 Å². The van der Waals surface area contributed by atoms with E-state index in [9.17, 15) is 23.8 Å². The first-order valence-electron chi connectivity index (χ1n) is 21.4. The van der Waals surface area contributed by atoms with Crippen molar-refractivity contribution in [3.05, 3.63) is 97.2 Å². The Morgan fingerprint density at radius 1 is 0.534 bits per heavy atom. The van der Waals surface area contributed by atoms with Crippen LogP contribution in [0.3, 0.4) is 0 Å². The third-order valence-electron chi connectivity index (χ3n) is 8.65. The fourth-order valence-electron chi connectivity index (χ4n) is 5.28. The Bertz CT molecular complexity index is 1350. The molecule has 11 nitrogen and oxygen atoms in total. The summed E-state index contributed by atoms with van der Waals surface area (Å²) in [5, 5.41) is 8.87. The van der Waals surface area contributed by atoms with Crippen molar-refractivity contribution >= 4 is 25.7 Å². The number of rotatable bonds is 38. The van der Waals surface area contributed by atoms with Crippen molar-refractivity contribution < 1.29 is 47.5 Å². The van der Waals surface area contributed by atoms with Gasteiger partial charge in [-0.05, 0) is 25.7 Å². The Morgan fingerprint density at radius 3 is 1.36 bits per heavy atom. The molecule has 328 valence electrons. The molecule has 0 aromatic rings. The number of carbonyl (C=O) groups is 3. The molecule has 0 rings (SSSR count). The van der Waals surface area contributed by atoms with Crippen molar-refractivity contribution in [2.75, 3.05) is 19.8 Å². The number of allylic oxidation sites excluding steroid dienone is 14. The van der Waals surface area contributed by atoms with E-state index in [1.54, 1.807) is 24.3 Å². The van der Waals surface area contributed by atoms with Crippen LogP contribution in [0.15, 0.2) is 97.2 Å². The lowest BCUT2D eigenvalue weighted by Gasteiger charge is -2.19. The third-order valence-corrected chi connectivity index (χ3v) is 9.60. The number of nitrogens with two attached hydrogens (primary N) is 1. The van der Waals surface area contributed by atoms with E-state index in [-0.39, 0.29) is 0 Å². The summed E-state index contributed by atoms with van der Waals surface area (Å²) in [7, 11) is -4.79. The zero-order chi connectivity index (χ0) is 42.8. The molecule has 0 aliphatic carbocycles. The van der Waals surface area contributed by atoms with Crippen molar-refractivity contribution in [1.29, 1.82) is 0 Å². The monoisotopic (exact) mass is 832 g/mol. The minimum atomic E-state index is -4.79. The lowest BCUT2D eigenvalue weighted by molar-refractivity contribution is -0.154. The second-order valence-electron chi connectivity index (χ2n) is 14.0. The number of phosphoric acid groups is 1. The standard InChI is InChI=1S/C46H74NO10P/c1-3-5-7-9-11-13-15-17-19-21-23-25-27-29-31-33-35-37-44(48)54-39-42(40-55-58(52,53)56-41-43(47)46(50)51)57-45(49)38-36-34-32-30-28-26-24-22-20-18-16-14-12-10-8-6-4-2/h23-38,42-43H,3-22,39-41,47H2,1-2H3,(H,50,51)(H,52,53)/t42-,43+/m1/s1. The van der Waals surface area contributed by atoms with E-state index in [2.05, 4.69) is 30.5 Å². The summed E-state index contributed by atoms with van der Waals surface area (Å²) >= 11 is 0. The molecule has 0 radical (unpaired) electrons. The molecule has 0 spiro atoms. The van der Waals surface area contributed by atoms with Crippen molar-refractivity contribution in [3.63, 3.8) is 0 Å². The molecular formula is C46H74NO10P. The molecule has 0 saturated carbocycles.